The van der Waals surface area contributed by atoms with Crippen molar-refractivity contribution in [3.63, 3.8) is 0 Å². The molecule has 1 amide bonds. The highest BCUT2D eigenvalue weighted by atomic mass is 16.5. The number of carbonyl (C=O) groups is 1. The summed E-state index contributed by atoms with van der Waals surface area (Å²) in [5.74, 6) is 1.48. The van der Waals surface area contributed by atoms with Crippen LogP contribution in [0.5, 0.6) is 11.5 Å². The summed E-state index contributed by atoms with van der Waals surface area (Å²) < 4.78 is 8.13. The maximum Gasteiger partial charge on any atom is 0.221 e. The molecule has 0 saturated carbocycles. The number of carbonyl (C=O) groups excluding carboxylic acids is 1. The zero-order valence-electron chi connectivity index (χ0n) is 16.1. The summed E-state index contributed by atoms with van der Waals surface area (Å²) in [7, 11) is 0. The maximum absolute atomic E-state index is 12.4. The minimum atomic E-state index is -0.0930. The number of rotatable bonds is 3. The molecule has 0 fully saturated rings. The van der Waals surface area contributed by atoms with E-state index < -0.39 is 0 Å². The normalized spacial score (nSPS) is 16.2. The molecule has 5 rings (SSSR count). The monoisotopic (exact) mass is 383 g/mol. The molecule has 5 heteroatoms. The fraction of sp³-hybridized carbons (Fsp3) is 0.167. The fourth-order valence-corrected chi connectivity index (χ4v) is 3.94. The van der Waals surface area contributed by atoms with E-state index in [1.165, 1.54) is 0 Å². The van der Waals surface area contributed by atoms with E-state index in [-0.39, 0.29) is 11.8 Å². The zero-order chi connectivity index (χ0) is 19.8. The lowest BCUT2D eigenvalue weighted by Gasteiger charge is -2.17. The largest absolute Gasteiger partial charge is 0.457 e. The van der Waals surface area contributed by atoms with Crippen LogP contribution in [-0.4, -0.2) is 15.3 Å². The summed E-state index contributed by atoms with van der Waals surface area (Å²) in [6, 6.07) is 21.8. The quantitative estimate of drug-likeness (QED) is 0.563. The Labute approximate surface area is 169 Å². The summed E-state index contributed by atoms with van der Waals surface area (Å²) in [5, 5.41) is 2.98. The van der Waals surface area contributed by atoms with Gasteiger partial charge in [0.15, 0.2) is 0 Å². The SMILES string of the molecule is Cc1ccn2c3c(nc2c1)CNC(=O)CC3c1cccc(Oc2ccccc2)c1. The molecule has 3 heterocycles. The number of amides is 1. The first-order valence-electron chi connectivity index (χ1n) is 9.74. The number of pyridine rings is 1. The molecule has 2 aromatic carbocycles. The molecule has 0 aliphatic carbocycles. The number of nitrogens with one attached hydrogen (secondary N) is 1. The summed E-state index contributed by atoms with van der Waals surface area (Å²) in [5.41, 5.74) is 5.10. The highest BCUT2D eigenvalue weighted by molar-refractivity contribution is 5.78. The number of para-hydroxylation sites is 1. The van der Waals surface area contributed by atoms with Crippen LogP contribution in [0.1, 0.15) is 34.9 Å². The van der Waals surface area contributed by atoms with E-state index >= 15 is 0 Å². The van der Waals surface area contributed by atoms with E-state index in [1.54, 1.807) is 0 Å². The van der Waals surface area contributed by atoms with E-state index in [2.05, 4.69) is 34.8 Å². The van der Waals surface area contributed by atoms with Gasteiger partial charge in [0.1, 0.15) is 17.1 Å². The molecule has 0 radical (unpaired) electrons. The van der Waals surface area contributed by atoms with Gasteiger partial charge >= 0.3 is 0 Å². The van der Waals surface area contributed by atoms with Gasteiger partial charge in [-0.05, 0) is 54.4 Å². The first-order valence-corrected chi connectivity index (χ1v) is 9.74. The van der Waals surface area contributed by atoms with Crippen LogP contribution in [-0.2, 0) is 11.3 Å². The van der Waals surface area contributed by atoms with Gasteiger partial charge in [-0.25, -0.2) is 4.98 Å². The molecule has 1 aliphatic rings. The zero-order valence-corrected chi connectivity index (χ0v) is 16.1. The predicted octanol–water partition coefficient (Wildman–Crippen LogP) is 4.59. The van der Waals surface area contributed by atoms with Crippen molar-refractivity contribution in [2.24, 2.45) is 0 Å². The number of hydrogen-bond donors (Lipinski definition) is 1. The molecule has 1 N–H and O–H groups in total. The number of ether oxygens (including phenoxy) is 1. The second-order valence-corrected chi connectivity index (χ2v) is 7.40. The fourth-order valence-electron chi connectivity index (χ4n) is 3.94. The summed E-state index contributed by atoms with van der Waals surface area (Å²) in [6.45, 7) is 2.51. The minimum absolute atomic E-state index is 0.0308. The minimum Gasteiger partial charge on any atom is -0.457 e. The van der Waals surface area contributed by atoms with Gasteiger partial charge in [0, 0.05) is 18.5 Å². The standard InChI is InChI=1S/C24H21N3O2/c1-16-10-11-27-22(12-16)26-21-15-25-23(28)14-20(24(21)27)17-6-5-9-19(13-17)29-18-7-3-2-4-8-18/h2-13,20H,14-15H2,1H3,(H,25,28). The van der Waals surface area contributed by atoms with Gasteiger partial charge in [0.05, 0.1) is 17.9 Å². The van der Waals surface area contributed by atoms with Crippen molar-refractivity contribution < 1.29 is 9.53 Å². The molecule has 0 saturated heterocycles. The molecule has 1 atom stereocenters. The Kier molecular flexibility index (Phi) is 4.28. The van der Waals surface area contributed by atoms with Gasteiger partial charge in [-0.3, -0.25) is 4.79 Å². The Bertz CT molecular complexity index is 1200. The van der Waals surface area contributed by atoms with Crippen LogP contribution in [0.25, 0.3) is 5.65 Å². The molecular weight excluding hydrogens is 362 g/mol. The molecule has 2 aromatic heterocycles. The summed E-state index contributed by atoms with van der Waals surface area (Å²) in [6.07, 6.45) is 2.42. The predicted molar refractivity (Wildman–Crippen MR) is 111 cm³/mol. The van der Waals surface area contributed by atoms with E-state index in [0.717, 1.165) is 39.7 Å². The van der Waals surface area contributed by atoms with Gasteiger partial charge in [-0.15, -0.1) is 0 Å². The van der Waals surface area contributed by atoms with Crippen LogP contribution in [0, 0.1) is 6.92 Å². The van der Waals surface area contributed by atoms with Crippen LogP contribution in [0.2, 0.25) is 0 Å². The van der Waals surface area contributed by atoms with Gasteiger partial charge in [0.25, 0.3) is 0 Å². The van der Waals surface area contributed by atoms with Gasteiger partial charge in [-0.2, -0.15) is 0 Å². The highest BCUT2D eigenvalue weighted by Crippen LogP contribution is 2.35. The van der Waals surface area contributed by atoms with Crippen molar-refractivity contribution in [1.82, 2.24) is 14.7 Å². The van der Waals surface area contributed by atoms with Crippen molar-refractivity contribution in [2.75, 3.05) is 0 Å². The van der Waals surface area contributed by atoms with E-state index in [4.69, 9.17) is 9.72 Å². The molecule has 0 spiro atoms. The average Bonchev–Trinajstić information content (AvgIpc) is 3.00. The first-order chi connectivity index (χ1) is 14.2. The molecule has 1 unspecified atom stereocenters. The van der Waals surface area contributed by atoms with E-state index in [1.807, 2.05) is 54.7 Å². The van der Waals surface area contributed by atoms with Crippen LogP contribution < -0.4 is 10.1 Å². The molecule has 144 valence electrons. The number of fused-ring (bicyclic) bond motifs is 3. The average molecular weight is 383 g/mol. The van der Waals surface area contributed by atoms with Gasteiger partial charge in [0.2, 0.25) is 5.91 Å². The third-order valence-electron chi connectivity index (χ3n) is 5.31. The van der Waals surface area contributed by atoms with Crippen LogP contribution in [0.15, 0.2) is 72.9 Å². The van der Waals surface area contributed by atoms with Gasteiger partial charge in [-0.1, -0.05) is 30.3 Å². The second-order valence-electron chi connectivity index (χ2n) is 7.40. The summed E-state index contributed by atoms with van der Waals surface area (Å²) >= 11 is 0. The Morgan fingerprint density at radius 1 is 1.03 bits per heavy atom. The molecular formula is C24H21N3O2. The lowest BCUT2D eigenvalue weighted by molar-refractivity contribution is -0.121. The molecule has 0 bridgehead atoms. The second kappa shape index (κ2) is 7.09. The van der Waals surface area contributed by atoms with Crippen molar-refractivity contribution >= 4 is 11.6 Å². The van der Waals surface area contributed by atoms with E-state index in [9.17, 15) is 4.79 Å². The third kappa shape index (κ3) is 3.36. The van der Waals surface area contributed by atoms with Gasteiger partial charge < -0.3 is 14.5 Å². The highest BCUT2D eigenvalue weighted by Gasteiger charge is 2.29. The van der Waals surface area contributed by atoms with Crippen molar-refractivity contribution in [3.05, 3.63) is 95.4 Å². The van der Waals surface area contributed by atoms with Crippen LogP contribution >= 0.6 is 0 Å². The number of benzene rings is 2. The molecule has 5 nitrogen and oxygen atoms in total. The Hall–Kier alpha value is -3.60. The van der Waals surface area contributed by atoms with Crippen molar-refractivity contribution in [3.8, 4) is 11.5 Å². The van der Waals surface area contributed by atoms with Crippen LogP contribution in [0.3, 0.4) is 0 Å². The summed E-state index contributed by atoms with van der Waals surface area (Å²) in [4.78, 5) is 17.2. The lowest BCUT2D eigenvalue weighted by atomic mass is 9.91. The smallest absolute Gasteiger partial charge is 0.221 e. The maximum atomic E-state index is 12.4. The molecule has 4 aromatic rings. The lowest BCUT2D eigenvalue weighted by Crippen LogP contribution is -2.21. The number of imidazole rings is 1. The van der Waals surface area contributed by atoms with Crippen molar-refractivity contribution in [2.45, 2.75) is 25.8 Å². The molecule has 29 heavy (non-hydrogen) atoms. The number of nitrogens with zero attached hydrogens (tertiary/aromatic N) is 2. The van der Waals surface area contributed by atoms with Crippen LogP contribution in [0.4, 0.5) is 0 Å². The van der Waals surface area contributed by atoms with Crippen molar-refractivity contribution in [1.29, 1.82) is 0 Å². The number of aromatic nitrogens is 2. The third-order valence-corrected chi connectivity index (χ3v) is 5.31. The Morgan fingerprint density at radius 3 is 2.72 bits per heavy atom. The topological polar surface area (TPSA) is 55.6 Å². The first kappa shape index (κ1) is 17.5. The Morgan fingerprint density at radius 2 is 1.86 bits per heavy atom. The molecule has 1 aliphatic heterocycles. The number of hydrogen-bond acceptors (Lipinski definition) is 3. The number of aryl methyl sites for hydroxylation is 1. The van der Waals surface area contributed by atoms with E-state index in [0.29, 0.717) is 13.0 Å². The Balaban J connectivity index is 1.59.